The SMILES string of the molecule is CCc1nn(C)c(CC2(O)CCC3(CCCC3)CC2)c1Cl. The first kappa shape index (κ1) is 15.4. The van der Waals surface area contributed by atoms with E-state index in [0.717, 1.165) is 35.7 Å². The number of rotatable bonds is 3. The summed E-state index contributed by atoms with van der Waals surface area (Å²) < 4.78 is 1.86. The summed E-state index contributed by atoms with van der Waals surface area (Å²) >= 11 is 6.44. The van der Waals surface area contributed by atoms with Gasteiger partial charge in [-0.3, -0.25) is 4.68 Å². The van der Waals surface area contributed by atoms with Crippen LogP contribution < -0.4 is 0 Å². The largest absolute Gasteiger partial charge is 0.389 e. The summed E-state index contributed by atoms with van der Waals surface area (Å²) in [6.45, 7) is 2.07. The van der Waals surface area contributed by atoms with Crippen molar-refractivity contribution in [3.8, 4) is 0 Å². The molecular weight excluding hydrogens is 284 g/mol. The smallest absolute Gasteiger partial charge is 0.0850 e. The number of nitrogens with zero attached hydrogens (tertiary/aromatic N) is 2. The minimum absolute atomic E-state index is 0.553. The molecule has 21 heavy (non-hydrogen) atoms. The van der Waals surface area contributed by atoms with E-state index in [1.54, 1.807) is 0 Å². The number of aromatic nitrogens is 2. The van der Waals surface area contributed by atoms with Crippen LogP contribution in [-0.2, 0) is 19.9 Å². The molecule has 2 fully saturated rings. The van der Waals surface area contributed by atoms with Gasteiger partial charge in [0, 0.05) is 13.5 Å². The van der Waals surface area contributed by atoms with E-state index < -0.39 is 5.60 Å². The van der Waals surface area contributed by atoms with Gasteiger partial charge in [-0.1, -0.05) is 31.4 Å². The fraction of sp³-hybridized carbons (Fsp3) is 0.824. The van der Waals surface area contributed by atoms with Gasteiger partial charge >= 0.3 is 0 Å². The minimum atomic E-state index is -0.587. The lowest BCUT2D eigenvalue weighted by Gasteiger charge is -2.42. The molecule has 2 aliphatic carbocycles. The number of hydrogen-bond acceptors (Lipinski definition) is 2. The molecule has 0 saturated heterocycles. The first-order valence-electron chi connectivity index (χ1n) is 8.40. The molecule has 118 valence electrons. The van der Waals surface area contributed by atoms with Gasteiger partial charge in [0.25, 0.3) is 0 Å². The normalized spacial score (nSPS) is 23.8. The van der Waals surface area contributed by atoms with Crippen LogP contribution in [0.5, 0.6) is 0 Å². The second kappa shape index (κ2) is 5.58. The van der Waals surface area contributed by atoms with Crippen LogP contribution in [0.4, 0.5) is 0 Å². The molecule has 1 aromatic rings. The second-order valence-corrected chi connectivity index (χ2v) is 7.67. The van der Waals surface area contributed by atoms with Crippen molar-refractivity contribution in [2.45, 2.75) is 76.7 Å². The van der Waals surface area contributed by atoms with Gasteiger partial charge in [-0.05, 0) is 50.4 Å². The summed E-state index contributed by atoms with van der Waals surface area (Å²) in [7, 11) is 1.94. The maximum atomic E-state index is 11.0. The lowest BCUT2D eigenvalue weighted by Crippen LogP contribution is -2.40. The standard InChI is InChI=1S/C17H27ClN2O/c1-3-13-15(18)14(20(2)19-13)12-17(21)10-8-16(9-11-17)6-4-5-7-16/h21H,3-12H2,1-2H3. The highest BCUT2D eigenvalue weighted by Crippen LogP contribution is 2.51. The van der Waals surface area contributed by atoms with Crippen molar-refractivity contribution in [2.75, 3.05) is 0 Å². The van der Waals surface area contributed by atoms with E-state index in [9.17, 15) is 5.11 Å². The minimum Gasteiger partial charge on any atom is -0.389 e. The van der Waals surface area contributed by atoms with E-state index in [1.807, 2.05) is 11.7 Å². The van der Waals surface area contributed by atoms with Gasteiger partial charge in [0.2, 0.25) is 0 Å². The Kier molecular flexibility index (Phi) is 4.08. The molecule has 3 nitrogen and oxygen atoms in total. The van der Waals surface area contributed by atoms with Crippen LogP contribution in [-0.4, -0.2) is 20.5 Å². The number of aliphatic hydroxyl groups is 1. The molecule has 0 aromatic carbocycles. The monoisotopic (exact) mass is 310 g/mol. The summed E-state index contributed by atoms with van der Waals surface area (Å²) in [5.41, 5.74) is 1.91. The van der Waals surface area contributed by atoms with Gasteiger partial charge in [-0.25, -0.2) is 0 Å². The van der Waals surface area contributed by atoms with Crippen molar-refractivity contribution in [2.24, 2.45) is 12.5 Å². The Morgan fingerprint density at radius 2 is 1.76 bits per heavy atom. The molecule has 2 saturated carbocycles. The number of hydrogen-bond donors (Lipinski definition) is 1. The summed E-state index contributed by atoms with van der Waals surface area (Å²) in [4.78, 5) is 0. The van der Waals surface area contributed by atoms with Crippen molar-refractivity contribution in [3.05, 3.63) is 16.4 Å². The average Bonchev–Trinajstić information content (AvgIpc) is 3.03. The summed E-state index contributed by atoms with van der Waals surface area (Å²) in [5, 5.41) is 16.2. The molecule has 0 radical (unpaired) electrons. The first-order valence-corrected chi connectivity index (χ1v) is 8.77. The molecule has 3 rings (SSSR count). The number of aryl methyl sites for hydroxylation is 2. The second-order valence-electron chi connectivity index (χ2n) is 7.29. The third-order valence-corrected chi connectivity index (χ3v) is 6.34. The maximum Gasteiger partial charge on any atom is 0.0850 e. The quantitative estimate of drug-likeness (QED) is 0.915. The molecule has 0 amide bonds. The van der Waals surface area contributed by atoms with Crippen molar-refractivity contribution in [3.63, 3.8) is 0 Å². The zero-order valence-electron chi connectivity index (χ0n) is 13.3. The lowest BCUT2D eigenvalue weighted by molar-refractivity contribution is -0.0333. The Balaban J connectivity index is 1.72. The molecule has 2 aliphatic rings. The Bertz CT molecular complexity index is 507. The Hall–Kier alpha value is -0.540. The van der Waals surface area contributed by atoms with Crippen molar-refractivity contribution >= 4 is 11.6 Å². The molecule has 0 aliphatic heterocycles. The number of halogens is 1. The summed E-state index contributed by atoms with van der Waals surface area (Å²) in [6, 6.07) is 0. The molecule has 0 atom stereocenters. The van der Waals surface area contributed by atoms with E-state index in [1.165, 1.54) is 38.5 Å². The predicted octanol–water partition coefficient (Wildman–Crippen LogP) is 4.04. The highest BCUT2D eigenvalue weighted by molar-refractivity contribution is 6.31. The van der Waals surface area contributed by atoms with Gasteiger partial charge in [-0.15, -0.1) is 0 Å². The molecular formula is C17H27ClN2O. The lowest BCUT2D eigenvalue weighted by atomic mass is 9.66. The highest BCUT2D eigenvalue weighted by Gasteiger charge is 2.43. The van der Waals surface area contributed by atoms with Crippen LogP contribution in [0.2, 0.25) is 5.02 Å². The van der Waals surface area contributed by atoms with Crippen LogP contribution in [0.25, 0.3) is 0 Å². The summed E-state index contributed by atoms with van der Waals surface area (Å²) in [6.07, 6.45) is 11.2. The van der Waals surface area contributed by atoms with E-state index in [2.05, 4.69) is 12.0 Å². The average molecular weight is 311 g/mol. The van der Waals surface area contributed by atoms with Gasteiger partial charge < -0.3 is 5.11 Å². The highest BCUT2D eigenvalue weighted by atomic mass is 35.5. The Morgan fingerprint density at radius 3 is 2.29 bits per heavy atom. The van der Waals surface area contributed by atoms with Gasteiger partial charge in [0.15, 0.2) is 0 Å². The third kappa shape index (κ3) is 2.87. The van der Waals surface area contributed by atoms with Gasteiger partial charge in [0.05, 0.1) is 22.0 Å². The fourth-order valence-corrected chi connectivity index (χ4v) is 4.73. The van der Waals surface area contributed by atoms with E-state index in [-0.39, 0.29) is 0 Å². The van der Waals surface area contributed by atoms with Crippen LogP contribution in [0.3, 0.4) is 0 Å². The van der Waals surface area contributed by atoms with Gasteiger partial charge in [-0.2, -0.15) is 5.10 Å². The summed E-state index contributed by atoms with van der Waals surface area (Å²) in [5.74, 6) is 0. The Labute approximate surface area is 132 Å². The molecule has 1 N–H and O–H groups in total. The maximum absolute atomic E-state index is 11.0. The molecule has 0 unspecified atom stereocenters. The molecule has 1 spiro atoms. The van der Waals surface area contributed by atoms with E-state index >= 15 is 0 Å². The van der Waals surface area contributed by atoms with Crippen LogP contribution >= 0.6 is 11.6 Å². The van der Waals surface area contributed by atoms with Crippen molar-refractivity contribution in [1.82, 2.24) is 9.78 Å². The zero-order chi connectivity index (χ0) is 15.1. The molecule has 4 heteroatoms. The predicted molar refractivity (Wildman–Crippen MR) is 85.6 cm³/mol. The Morgan fingerprint density at radius 1 is 1.14 bits per heavy atom. The van der Waals surface area contributed by atoms with Crippen molar-refractivity contribution < 1.29 is 5.11 Å². The zero-order valence-corrected chi connectivity index (χ0v) is 14.0. The first-order chi connectivity index (χ1) is 9.97. The van der Waals surface area contributed by atoms with E-state index in [4.69, 9.17) is 11.6 Å². The fourth-order valence-electron chi connectivity index (χ4n) is 4.37. The molecule has 0 bridgehead atoms. The third-order valence-electron chi connectivity index (χ3n) is 5.91. The van der Waals surface area contributed by atoms with Crippen LogP contribution in [0, 0.1) is 5.41 Å². The molecule has 1 heterocycles. The van der Waals surface area contributed by atoms with Crippen LogP contribution in [0.1, 0.15) is 69.7 Å². The topological polar surface area (TPSA) is 38.0 Å². The van der Waals surface area contributed by atoms with Gasteiger partial charge in [0.1, 0.15) is 0 Å². The van der Waals surface area contributed by atoms with E-state index in [0.29, 0.717) is 11.8 Å². The van der Waals surface area contributed by atoms with Crippen LogP contribution in [0.15, 0.2) is 0 Å². The molecule has 1 aromatic heterocycles. The van der Waals surface area contributed by atoms with Crippen molar-refractivity contribution in [1.29, 1.82) is 0 Å².